The van der Waals surface area contributed by atoms with Crippen molar-refractivity contribution < 1.29 is 0 Å². The van der Waals surface area contributed by atoms with Gasteiger partial charge < -0.3 is 5.32 Å². The molecule has 0 bridgehead atoms. The van der Waals surface area contributed by atoms with Crippen LogP contribution in [0.2, 0.25) is 0 Å². The monoisotopic (exact) mass is 214 g/mol. The summed E-state index contributed by atoms with van der Waals surface area (Å²) in [7, 11) is 0. The summed E-state index contributed by atoms with van der Waals surface area (Å²) in [5.74, 6) is 0.797. The van der Waals surface area contributed by atoms with Gasteiger partial charge >= 0.3 is 0 Å². The number of pyridine rings is 1. The van der Waals surface area contributed by atoms with Crippen molar-refractivity contribution in [3.63, 3.8) is 0 Å². The highest BCUT2D eigenvalue weighted by Crippen LogP contribution is 2.22. The molecule has 0 saturated carbocycles. The van der Waals surface area contributed by atoms with Crippen LogP contribution in [-0.4, -0.2) is 21.0 Å². The van der Waals surface area contributed by atoms with Gasteiger partial charge in [-0.05, 0) is 26.0 Å². The Hall–Kier alpha value is -1.97. The van der Waals surface area contributed by atoms with Crippen LogP contribution < -0.4 is 5.32 Å². The van der Waals surface area contributed by atoms with Crippen LogP contribution in [0.5, 0.6) is 0 Å². The molecule has 0 saturated heterocycles. The zero-order chi connectivity index (χ0) is 11.4. The zero-order valence-corrected chi connectivity index (χ0v) is 9.38. The van der Waals surface area contributed by atoms with Gasteiger partial charge in [0.15, 0.2) is 5.82 Å². The second kappa shape index (κ2) is 4.70. The van der Waals surface area contributed by atoms with E-state index >= 15 is 0 Å². The Morgan fingerprint density at radius 2 is 1.94 bits per heavy atom. The van der Waals surface area contributed by atoms with Crippen molar-refractivity contribution in [2.45, 2.75) is 19.9 Å². The molecule has 0 aliphatic heterocycles. The van der Waals surface area contributed by atoms with Crippen LogP contribution in [0, 0.1) is 0 Å². The van der Waals surface area contributed by atoms with E-state index in [0.29, 0.717) is 6.04 Å². The number of rotatable bonds is 3. The normalized spacial score (nSPS) is 10.4. The van der Waals surface area contributed by atoms with Gasteiger partial charge in [-0.15, -0.1) is 0 Å². The van der Waals surface area contributed by atoms with E-state index in [0.717, 1.165) is 17.1 Å². The van der Waals surface area contributed by atoms with E-state index in [4.69, 9.17) is 0 Å². The largest absolute Gasteiger partial charge is 0.366 e. The van der Waals surface area contributed by atoms with Crippen LogP contribution >= 0.6 is 0 Å². The first-order valence-corrected chi connectivity index (χ1v) is 5.25. The molecule has 0 spiro atoms. The molecule has 0 amide bonds. The zero-order valence-electron chi connectivity index (χ0n) is 9.38. The lowest BCUT2D eigenvalue weighted by molar-refractivity contribution is 0.886. The quantitative estimate of drug-likeness (QED) is 0.852. The maximum Gasteiger partial charge on any atom is 0.152 e. The second-order valence-electron chi connectivity index (χ2n) is 3.79. The Bertz CT molecular complexity index is 454. The fourth-order valence-electron chi connectivity index (χ4n) is 1.43. The average molecular weight is 214 g/mol. The third-order valence-corrected chi connectivity index (χ3v) is 2.06. The summed E-state index contributed by atoms with van der Waals surface area (Å²) in [6, 6.07) is 4.19. The fraction of sp³-hybridized carbons (Fsp3) is 0.250. The molecule has 0 unspecified atom stereocenters. The molecule has 82 valence electrons. The van der Waals surface area contributed by atoms with Gasteiger partial charge in [0.05, 0.1) is 0 Å². The molecule has 0 aromatic carbocycles. The molecule has 0 aliphatic carbocycles. The molecule has 1 N–H and O–H groups in total. The summed E-state index contributed by atoms with van der Waals surface area (Å²) in [6.45, 7) is 4.14. The van der Waals surface area contributed by atoms with E-state index in [1.807, 2.05) is 12.1 Å². The van der Waals surface area contributed by atoms with Crippen LogP contribution in [0.25, 0.3) is 11.3 Å². The predicted octanol–water partition coefficient (Wildman–Crippen LogP) is 2.36. The van der Waals surface area contributed by atoms with Gasteiger partial charge in [0, 0.05) is 36.4 Å². The number of aromatic nitrogens is 3. The molecule has 16 heavy (non-hydrogen) atoms. The highest BCUT2D eigenvalue weighted by Gasteiger charge is 2.07. The summed E-state index contributed by atoms with van der Waals surface area (Å²) in [5.41, 5.74) is 1.81. The number of hydrogen-bond acceptors (Lipinski definition) is 4. The molecule has 0 radical (unpaired) electrons. The highest BCUT2D eigenvalue weighted by molar-refractivity contribution is 5.70. The Kier molecular flexibility index (Phi) is 3.10. The summed E-state index contributed by atoms with van der Waals surface area (Å²) >= 11 is 0. The lowest BCUT2D eigenvalue weighted by atomic mass is 10.2. The van der Waals surface area contributed by atoms with Crippen molar-refractivity contribution >= 4 is 5.82 Å². The van der Waals surface area contributed by atoms with Gasteiger partial charge in [-0.1, -0.05) is 0 Å². The molecule has 2 rings (SSSR count). The molecular formula is C12H14N4. The Morgan fingerprint density at radius 1 is 1.12 bits per heavy atom. The van der Waals surface area contributed by atoms with Gasteiger partial charge in [-0.3, -0.25) is 9.97 Å². The maximum absolute atomic E-state index is 4.34. The number of anilines is 1. The number of hydrogen-bond donors (Lipinski definition) is 1. The molecule has 2 aromatic rings. The first kappa shape index (κ1) is 10.5. The minimum atomic E-state index is 0.326. The van der Waals surface area contributed by atoms with Crippen molar-refractivity contribution in [2.75, 3.05) is 5.32 Å². The summed E-state index contributed by atoms with van der Waals surface area (Å²) in [5, 5.41) is 3.27. The Morgan fingerprint density at radius 3 is 2.62 bits per heavy atom. The van der Waals surface area contributed by atoms with Gasteiger partial charge in [-0.2, -0.15) is 0 Å². The molecule has 0 aliphatic rings. The molecule has 0 atom stereocenters. The van der Waals surface area contributed by atoms with E-state index in [1.165, 1.54) is 0 Å². The van der Waals surface area contributed by atoms with E-state index < -0.39 is 0 Å². The number of nitrogens with one attached hydrogen (secondary N) is 1. The molecular weight excluding hydrogens is 200 g/mol. The van der Waals surface area contributed by atoms with Gasteiger partial charge in [0.25, 0.3) is 0 Å². The predicted molar refractivity (Wildman–Crippen MR) is 64.0 cm³/mol. The second-order valence-corrected chi connectivity index (χ2v) is 3.79. The fourth-order valence-corrected chi connectivity index (χ4v) is 1.43. The number of nitrogens with zero attached hydrogens (tertiary/aromatic N) is 3. The van der Waals surface area contributed by atoms with Crippen LogP contribution in [0.1, 0.15) is 13.8 Å². The lowest BCUT2D eigenvalue weighted by Crippen LogP contribution is -2.12. The van der Waals surface area contributed by atoms with Crippen molar-refractivity contribution in [1.29, 1.82) is 0 Å². The average Bonchev–Trinajstić information content (AvgIpc) is 2.30. The maximum atomic E-state index is 4.34. The van der Waals surface area contributed by atoms with Crippen molar-refractivity contribution in [1.82, 2.24) is 15.0 Å². The van der Waals surface area contributed by atoms with E-state index in [1.54, 1.807) is 24.8 Å². The topological polar surface area (TPSA) is 50.7 Å². The van der Waals surface area contributed by atoms with Crippen molar-refractivity contribution in [3.8, 4) is 11.3 Å². The van der Waals surface area contributed by atoms with Gasteiger partial charge in [0.1, 0.15) is 5.69 Å². The van der Waals surface area contributed by atoms with Crippen LogP contribution in [-0.2, 0) is 0 Å². The highest BCUT2D eigenvalue weighted by atomic mass is 15.0. The summed E-state index contributed by atoms with van der Waals surface area (Å²) in [6.07, 6.45) is 6.91. The third-order valence-electron chi connectivity index (χ3n) is 2.06. The molecule has 4 nitrogen and oxygen atoms in total. The van der Waals surface area contributed by atoms with Crippen LogP contribution in [0.15, 0.2) is 36.9 Å². The van der Waals surface area contributed by atoms with Crippen LogP contribution in [0.4, 0.5) is 5.82 Å². The minimum absolute atomic E-state index is 0.326. The Labute approximate surface area is 94.8 Å². The Balaban J connectivity index is 2.41. The van der Waals surface area contributed by atoms with E-state index in [9.17, 15) is 0 Å². The van der Waals surface area contributed by atoms with Crippen molar-refractivity contribution in [2.24, 2.45) is 0 Å². The standard InChI is InChI=1S/C12H14N4/c1-9(2)16-12-11(14-6-7-15-12)10-4-3-5-13-8-10/h3-9H,1-2H3,(H,15,16). The van der Waals surface area contributed by atoms with Gasteiger partial charge in [-0.25, -0.2) is 4.98 Å². The molecule has 4 heteroatoms. The van der Waals surface area contributed by atoms with Gasteiger partial charge in [0.2, 0.25) is 0 Å². The smallest absolute Gasteiger partial charge is 0.152 e. The third kappa shape index (κ3) is 2.34. The molecule has 2 aromatic heterocycles. The van der Waals surface area contributed by atoms with Crippen molar-refractivity contribution in [3.05, 3.63) is 36.9 Å². The summed E-state index contributed by atoms with van der Waals surface area (Å²) in [4.78, 5) is 12.7. The minimum Gasteiger partial charge on any atom is -0.366 e. The first-order valence-electron chi connectivity index (χ1n) is 5.25. The van der Waals surface area contributed by atoms with Crippen LogP contribution in [0.3, 0.4) is 0 Å². The molecule has 2 heterocycles. The summed E-state index contributed by atoms with van der Waals surface area (Å²) < 4.78 is 0. The SMILES string of the molecule is CC(C)Nc1nccnc1-c1cccnc1. The van der Waals surface area contributed by atoms with E-state index in [2.05, 4.69) is 34.1 Å². The molecule has 0 fully saturated rings. The lowest BCUT2D eigenvalue weighted by Gasteiger charge is -2.12. The van der Waals surface area contributed by atoms with E-state index in [-0.39, 0.29) is 0 Å². The first-order chi connectivity index (χ1) is 7.77.